The summed E-state index contributed by atoms with van der Waals surface area (Å²) in [6.45, 7) is 4.23. The first-order valence-electron chi connectivity index (χ1n) is 6.53. The Hall–Kier alpha value is -0.680. The molecule has 1 atom stereocenters. The van der Waals surface area contributed by atoms with E-state index in [-0.39, 0.29) is 0 Å². The monoisotopic (exact) mass is 282 g/mol. The molecule has 98 valence electrons. The van der Waals surface area contributed by atoms with Crippen molar-refractivity contribution in [3.63, 3.8) is 0 Å². The lowest BCUT2D eigenvalue weighted by Crippen LogP contribution is -2.39. The molecule has 5 heteroatoms. The topological polar surface area (TPSA) is 19.1 Å². The van der Waals surface area contributed by atoms with Crippen molar-refractivity contribution in [2.24, 2.45) is 5.92 Å². The summed E-state index contributed by atoms with van der Waals surface area (Å²) in [6, 6.07) is 4.12. The SMILES string of the molecule is CCCCC1CS[N+](=S)N(Cc2ccncc2)C1. The molecule has 1 aliphatic rings. The number of hydrazine groups is 1. The lowest BCUT2D eigenvalue weighted by molar-refractivity contribution is -0.538. The van der Waals surface area contributed by atoms with Gasteiger partial charge in [-0.2, -0.15) is 5.01 Å². The predicted octanol–water partition coefficient (Wildman–Crippen LogP) is 3.01. The van der Waals surface area contributed by atoms with Gasteiger partial charge in [0, 0.05) is 15.9 Å². The fourth-order valence-corrected chi connectivity index (χ4v) is 3.36. The summed E-state index contributed by atoms with van der Waals surface area (Å²) in [5.74, 6) is 1.94. The molecule has 0 amide bonds. The number of pyridine rings is 1. The molecule has 0 saturated carbocycles. The maximum atomic E-state index is 5.38. The van der Waals surface area contributed by atoms with Crippen LogP contribution in [0, 0.1) is 5.92 Å². The number of hydrogen-bond donors (Lipinski definition) is 0. The zero-order valence-electron chi connectivity index (χ0n) is 10.8. The molecule has 1 aliphatic heterocycles. The van der Waals surface area contributed by atoms with Gasteiger partial charge in [0.25, 0.3) is 0 Å². The molecule has 0 spiro atoms. The van der Waals surface area contributed by atoms with Gasteiger partial charge in [0.05, 0.1) is 12.3 Å². The van der Waals surface area contributed by atoms with Gasteiger partial charge in [-0.1, -0.05) is 19.8 Å². The van der Waals surface area contributed by atoms with Crippen molar-refractivity contribution in [3.8, 4) is 0 Å². The number of nitrogens with zero attached hydrogens (tertiary/aromatic N) is 3. The first kappa shape index (κ1) is 13.7. The van der Waals surface area contributed by atoms with Gasteiger partial charge in [0.1, 0.15) is 6.54 Å². The third-order valence-corrected chi connectivity index (χ3v) is 4.82. The number of hydrogen-bond acceptors (Lipinski definition) is 3. The standard InChI is InChI=1S/C13H20N3S2/c1-2-3-4-13-10-15(16(17)18-11-13)9-12-5-7-14-8-6-12/h5-8,13H,2-4,9-11H2,1H3/q+1. The molecule has 1 aromatic heterocycles. The van der Waals surface area contributed by atoms with Crippen molar-refractivity contribution in [3.05, 3.63) is 30.1 Å². The van der Waals surface area contributed by atoms with Gasteiger partial charge >= 0.3 is 12.4 Å². The highest BCUT2D eigenvalue weighted by Crippen LogP contribution is 2.25. The summed E-state index contributed by atoms with van der Waals surface area (Å²) >= 11 is 7.14. The van der Waals surface area contributed by atoms with E-state index in [1.165, 1.54) is 24.8 Å². The number of aromatic nitrogens is 1. The maximum Gasteiger partial charge on any atom is 0.314 e. The average Bonchev–Trinajstić information content (AvgIpc) is 2.41. The van der Waals surface area contributed by atoms with Crippen LogP contribution in [0.25, 0.3) is 0 Å². The van der Waals surface area contributed by atoms with Crippen molar-refractivity contribution in [2.75, 3.05) is 12.3 Å². The third kappa shape index (κ3) is 3.92. The van der Waals surface area contributed by atoms with E-state index in [2.05, 4.69) is 29.0 Å². The average molecular weight is 282 g/mol. The zero-order chi connectivity index (χ0) is 12.8. The summed E-state index contributed by atoms with van der Waals surface area (Å²) < 4.78 is 1.88. The zero-order valence-corrected chi connectivity index (χ0v) is 12.4. The Labute approximate surface area is 119 Å². The number of unbranched alkanes of at least 4 members (excludes halogenated alkanes) is 1. The van der Waals surface area contributed by atoms with Gasteiger partial charge in [-0.05, 0) is 30.0 Å². The second kappa shape index (κ2) is 7.04. The summed E-state index contributed by atoms with van der Waals surface area (Å²) in [5, 5.41) is 2.26. The fraction of sp³-hybridized carbons (Fsp3) is 0.615. The summed E-state index contributed by atoms with van der Waals surface area (Å²) in [5.41, 5.74) is 1.27. The Bertz CT molecular complexity index is 383. The van der Waals surface area contributed by atoms with Gasteiger partial charge in [-0.3, -0.25) is 4.98 Å². The minimum Gasteiger partial charge on any atom is -0.265 e. The van der Waals surface area contributed by atoms with Gasteiger partial charge in [-0.15, -0.1) is 0 Å². The molecule has 3 nitrogen and oxygen atoms in total. The van der Waals surface area contributed by atoms with Crippen LogP contribution in [0.2, 0.25) is 0 Å². The molecule has 0 bridgehead atoms. The highest BCUT2D eigenvalue weighted by Gasteiger charge is 2.30. The van der Waals surface area contributed by atoms with Crippen LogP contribution in [0.15, 0.2) is 24.5 Å². The van der Waals surface area contributed by atoms with E-state index in [0.717, 1.165) is 24.8 Å². The molecule has 1 unspecified atom stereocenters. The van der Waals surface area contributed by atoms with E-state index in [1.54, 1.807) is 11.9 Å². The van der Waals surface area contributed by atoms with Crippen molar-refractivity contribution in [1.29, 1.82) is 0 Å². The van der Waals surface area contributed by atoms with Crippen LogP contribution in [0.3, 0.4) is 0 Å². The van der Waals surface area contributed by atoms with Crippen LogP contribution < -0.4 is 0 Å². The van der Waals surface area contributed by atoms with E-state index < -0.39 is 0 Å². The molecule has 1 aromatic rings. The molecular weight excluding hydrogens is 262 g/mol. The molecule has 18 heavy (non-hydrogen) atoms. The second-order valence-corrected chi connectivity index (χ2v) is 6.26. The summed E-state index contributed by atoms with van der Waals surface area (Å²) in [7, 11) is 0. The lowest BCUT2D eigenvalue weighted by Gasteiger charge is -2.26. The van der Waals surface area contributed by atoms with Crippen LogP contribution in [0.4, 0.5) is 0 Å². The Morgan fingerprint density at radius 3 is 3.00 bits per heavy atom. The highest BCUT2D eigenvalue weighted by molar-refractivity contribution is 7.94. The largest absolute Gasteiger partial charge is 0.314 e. The normalized spacial score (nSPS) is 20.2. The molecule has 0 N–H and O–H groups in total. The van der Waals surface area contributed by atoms with E-state index in [9.17, 15) is 0 Å². The van der Waals surface area contributed by atoms with Gasteiger partial charge in [0.2, 0.25) is 11.9 Å². The van der Waals surface area contributed by atoms with Crippen molar-refractivity contribution in [2.45, 2.75) is 32.7 Å². The fourth-order valence-electron chi connectivity index (χ4n) is 2.16. The first-order valence-corrected chi connectivity index (χ1v) is 7.84. The van der Waals surface area contributed by atoms with Crippen LogP contribution in [-0.4, -0.2) is 25.8 Å². The number of rotatable bonds is 5. The molecule has 0 aliphatic carbocycles. The van der Waals surface area contributed by atoms with Crippen LogP contribution in [-0.2, 0) is 19.0 Å². The van der Waals surface area contributed by atoms with Gasteiger partial charge < -0.3 is 0 Å². The van der Waals surface area contributed by atoms with Crippen LogP contribution in [0.5, 0.6) is 0 Å². The van der Waals surface area contributed by atoms with Crippen molar-refractivity contribution < 1.29 is 3.46 Å². The molecule has 0 aromatic carbocycles. The lowest BCUT2D eigenvalue weighted by atomic mass is 10.0. The molecule has 2 rings (SSSR count). The smallest absolute Gasteiger partial charge is 0.265 e. The van der Waals surface area contributed by atoms with E-state index in [0.29, 0.717) is 0 Å². The van der Waals surface area contributed by atoms with Crippen LogP contribution in [0.1, 0.15) is 31.7 Å². The van der Waals surface area contributed by atoms with E-state index in [1.807, 2.05) is 15.9 Å². The minimum atomic E-state index is 0.774. The highest BCUT2D eigenvalue weighted by atomic mass is 32.2. The van der Waals surface area contributed by atoms with Crippen molar-refractivity contribution in [1.82, 2.24) is 9.99 Å². The maximum absolute atomic E-state index is 5.38. The quantitative estimate of drug-likeness (QED) is 0.610. The molecule has 1 fully saturated rings. The molecular formula is C13H20N3S2+. The summed E-state index contributed by atoms with van der Waals surface area (Å²) in [4.78, 5) is 4.05. The Kier molecular flexibility index (Phi) is 5.38. The van der Waals surface area contributed by atoms with Gasteiger partial charge in [0.15, 0.2) is 0 Å². The second-order valence-electron chi connectivity index (χ2n) is 4.74. The predicted molar refractivity (Wildman–Crippen MR) is 77.7 cm³/mol. The summed E-state index contributed by atoms with van der Waals surface area (Å²) in [6.07, 6.45) is 7.61. The molecule has 1 saturated heterocycles. The first-order chi connectivity index (χ1) is 8.79. The minimum absolute atomic E-state index is 0.774. The molecule has 2 heterocycles. The van der Waals surface area contributed by atoms with Gasteiger partial charge in [-0.25, -0.2) is 0 Å². The Balaban J connectivity index is 1.91. The third-order valence-electron chi connectivity index (χ3n) is 3.20. The van der Waals surface area contributed by atoms with Crippen molar-refractivity contribution >= 4 is 24.4 Å². The van der Waals surface area contributed by atoms with Crippen LogP contribution >= 0.6 is 11.9 Å². The Morgan fingerprint density at radius 1 is 1.50 bits per heavy atom. The Morgan fingerprint density at radius 2 is 2.28 bits per heavy atom. The van der Waals surface area contributed by atoms with E-state index in [4.69, 9.17) is 12.4 Å². The van der Waals surface area contributed by atoms with E-state index >= 15 is 0 Å². The molecule has 0 radical (unpaired) electrons.